The topological polar surface area (TPSA) is 3.24 Å². The van der Waals surface area contributed by atoms with Crippen LogP contribution in [-0.4, -0.2) is 13.1 Å². The molecule has 1 aromatic carbocycles. The summed E-state index contributed by atoms with van der Waals surface area (Å²) in [6, 6.07) is 5.37. The molecule has 0 saturated carbocycles. The van der Waals surface area contributed by atoms with Gasteiger partial charge < -0.3 is 4.90 Å². The fourth-order valence-electron chi connectivity index (χ4n) is 2.11. The van der Waals surface area contributed by atoms with Crippen LogP contribution in [0.4, 0.5) is 10.1 Å². The van der Waals surface area contributed by atoms with Crippen LogP contribution in [0.15, 0.2) is 22.7 Å². The van der Waals surface area contributed by atoms with Crippen molar-refractivity contribution < 1.29 is 4.39 Å². The summed E-state index contributed by atoms with van der Waals surface area (Å²) >= 11 is 3.17. The van der Waals surface area contributed by atoms with Gasteiger partial charge in [0.05, 0.1) is 4.47 Å². The normalized spacial score (nSPS) is 21.8. The number of anilines is 1. The van der Waals surface area contributed by atoms with E-state index in [1.54, 1.807) is 12.1 Å². The first kappa shape index (κ1) is 10.9. The van der Waals surface area contributed by atoms with Crippen LogP contribution >= 0.6 is 15.9 Å². The molecule has 0 amide bonds. The molecule has 0 bridgehead atoms. The summed E-state index contributed by atoms with van der Waals surface area (Å²) in [7, 11) is 0. The lowest BCUT2D eigenvalue weighted by Gasteiger charge is -2.32. The molecule has 82 valence electrons. The second-order valence-electron chi connectivity index (χ2n) is 4.29. The van der Waals surface area contributed by atoms with E-state index in [9.17, 15) is 4.39 Å². The Kier molecular flexibility index (Phi) is 3.29. The molecule has 1 atom stereocenters. The summed E-state index contributed by atoms with van der Waals surface area (Å²) in [4.78, 5) is 2.27. The Morgan fingerprint density at radius 1 is 1.47 bits per heavy atom. The predicted molar refractivity (Wildman–Crippen MR) is 64.7 cm³/mol. The lowest BCUT2D eigenvalue weighted by atomic mass is 10.00. The Balaban J connectivity index is 2.18. The zero-order valence-electron chi connectivity index (χ0n) is 8.84. The average Bonchev–Trinajstić information content (AvgIpc) is 2.22. The van der Waals surface area contributed by atoms with Crippen LogP contribution in [-0.2, 0) is 0 Å². The molecule has 1 unspecified atom stereocenters. The fraction of sp³-hybridized carbons (Fsp3) is 0.500. The number of halogens is 2. The summed E-state index contributed by atoms with van der Waals surface area (Å²) in [5.74, 6) is 0.538. The lowest BCUT2D eigenvalue weighted by Crippen LogP contribution is -2.34. The van der Waals surface area contributed by atoms with Crippen molar-refractivity contribution in [1.82, 2.24) is 0 Å². The Bertz CT molecular complexity index is 353. The van der Waals surface area contributed by atoms with Gasteiger partial charge in [-0.2, -0.15) is 0 Å². The van der Waals surface area contributed by atoms with Gasteiger partial charge in [0.15, 0.2) is 0 Å². The first-order chi connectivity index (χ1) is 7.16. The van der Waals surface area contributed by atoms with E-state index in [-0.39, 0.29) is 5.82 Å². The zero-order valence-corrected chi connectivity index (χ0v) is 10.4. The summed E-state index contributed by atoms with van der Waals surface area (Å²) in [6.45, 7) is 4.34. The molecule has 1 aliphatic rings. The smallest absolute Gasteiger partial charge is 0.139 e. The van der Waals surface area contributed by atoms with Crippen molar-refractivity contribution in [1.29, 1.82) is 0 Å². The van der Waals surface area contributed by atoms with Crippen LogP contribution in [0.5, 0.6) is 0 Å². The summed E-state index contributed by atoms with van der Waals surface area (Å²) in [5.41, 5.74) is 1.00. The minimum atomic E-state index is -0.175. The highest BCUT2D eigenvalue weighted by Crippen LogP contribution is 2.26. The molecule has 1 heterocycles. The van der Waals surface area contributed by atoms with Gasteiger partial charge in [0.1, 0.15) is 5.82 Å². The summed E-state index contributed by atoms with van der Waals surface area (Å²) < 4.78 is 13.9. The summed E-state index contributed by atoms with van der Waals surface area (Å²) in [5, 5.41) is 0. The zero-order chi connectivity index (χ0) is 10.8. The number of rotatable bonds is 1. The average molecular weight is 272 g/mol. The molecule has 1 nitrogen and oxygen atoms in total. The second-order valence-corrected chi connectivity index (χ2v) is 5.15. The van der Waals surface area contributed by atoms with E-state index in [2.05, 4.69) is 27.8 Å². The Morgan fingerprint density at radius 2 is 2.27 bits per heavy atom. The van der Waals surface area contributed by atoms with Gasteiger partial charge in [0.25, 0.3) is 0 Å². The molecule has 0 spiro atoms. The van der Waals surface area contributed by atoms with E-state index >= 15 is 0 Å². The molecule has 15 heavy (non-hydrogen) atoms. The van der Waals surface area contributed by atoms with Crippen molar-refractivity contribution >= 4 is 21.6 Å². The van der Waals surface area contributed by atoms with Gasteiger partial charge in [-0.1, -0.05) is 6.92 Å². The van der Waals surface area contributed by atoms with Gasteiger partial charge >= 0.3 is 0 Å². The highest BCUT2D eigenvalue weighted by atomic mass is 79.9. The predicted octanol–water partition coefficient (Wildman–Crippen LogP) is 3.82. The summed E-state index contributed by atoms with van der Waals surface area (Å²) in [6.07, 6.45) is 2.49. The largest absolute Gasteiger partial charge is 0.371 e. The van der Waals surface area contributed by atoms with Crippen molar-refractivity contribution in [2.75, 3.05) is 18.0 Å². The van der Waals surface area contributed by atoms with Gasteiger partial charge in [-0.15, -0.1) is 0 Å². The molecule has 0 aliphatic carbocycles. The van der Waals surface area contributed by atoms with E-state index in [1.165, 1.54) is 12.8 Å². The van der Waals surface area contributed by atoms with Gasteiger partial charge in [-0.05, 0) is 52.9 Å². The van der Waals surface area contributed by atoms with E-state index in [0.717, 1.165) is 18.8 Å². The van der Waals surface area contributed by atoms with Crippen LogP contribution < -0.4 is 4.90 Å². The Labute approximate surface area is 98.4 Å². The molecule has 2 rings (SSSR count). The molecule has 0 N–H and O–H groups in total. The molecule has 0 radical (unpaired) electrons. The lowest BCUT2D eigenvalue weighted by molar-refractivity contribution is 0.446. The highest BCUT2D eigenvalue weighted by Gasteiger charge is 2.17. The first-order valence-corrected chi connectivity index (χ1v) is 6.16. The molecule has 1 fully saturated rings. The van der Waals surface area contributed by atoms with Gasteiger partial charge in [0, 0.05) is 18.8 Å². The SMILES string of the molecule is CC1CCCN(c2ccc(Br)c(F)c2)C1. The van der Waals surface area contributed by atoms with E-state index in [0.29, 0.717) is 10.4 Å². The standard InChI is InChI=1S/C12H15BrFN/c1-9-3-2-6-15(8-9)10-4-5-11(13)12(14)7-10/h4-5,7,9H,2-3,6,8H2,1H3. The highest BCUT2D eigenvalue weighted by molar-refractivity contribution is 9.10. The number of piperidine rings is 1. The fourth-order valence-corrected chi connectivity index (χ4v) is 2.35. The van der Waals surface area contributed by atoms with Crippen molar-refractivity contribution in [2.45, 2.75) is 19.8 Å². The van der Waals surface area contributed by atoms with E-state index in [4.69, 9.17) is 0 Å². The minimum Gasteiger partial charge on any atom is -0.371 e. The first-order valence-electron chi connectivity index (χ1n) is 5.37. The van der Waals surface area contributed by atoms with E-state index < -0.39 is 0 Å². The van der Waals surface area contributed by atoms with Crippen LogP contribution in [0.1, 0.15) is 19.8 Å². The monoisotopic (exact) mass is 271 g/mol. The third-order valence-electron chi connectivity index (χ3n) is 2.93. The second kappa shape index (κ2) is 4.52. The maximum atomic E-state index is 13.4. The number of benzene rings is 1. The van der Waals surface area contributed by atoms with Crippen molar-refractivity contribution in [3.05, 3.63) is 28.5 Å². The minimum absolute atomic E-state index is 0.175. The molecular weight excluding hydrogens is 257 g/mol. The third kappa shape index (κ3) is 2.51. The molecule has 3 heteroatoms. The molecule has 0 aromatic heterocycles. The third-order valence-corrected chi connectivity index (χ3v) is 3.57. The molecule has 1 aliphatic heterocycles. The maximum Gasteiger partial charge on any atom is 0.139 e. The number of hydrogen-bond donors (Lipinski definition) is 0. The molecular formula is C12H15BrFN. The van der Waals surface area contributed by atoms with E-state index in [1.807, 2.05) is 6.07 Å². The van der Waals surface area contributed by atoms with Crippen molar-refractivity contribution in [3.63, 3.8) is 0 Å². The van der Waals surface area contributed by atoms with Crippen LogP contribution in [0.25, 0.3) is 0 Å². The van der Waals surface area contributed by atoms with Crippen LogP contribution in [0.2, 0.25) is 0 Å². The van der Waals surface area contributed by atoms with Gasteiger partial charge in [0.2, 0.25) is 0 Å². The Morgan fingerprint density at radius 3 is 2.93 bits per heavy atom. The number of nitrogens with zero attached hydrogens (tertiary/aromatic N) is 1. The van der Waals surface area contributed by atoms with Crippen LogP contribution in [0, 0.1) is 11.7 Å². The molecule has 1 saturated heterocycles. The Hall–Kier alpha value is -0.570. The van der Waals surface area contributed by atoms with Gasteiger partial charge in [-0.3, -0.25) is 0 Å². The molecule has 1 aromatic rings. The van der Waals surface area contributed by atoms with Crippen molar-refractivity contribution in [3.8, 4) is 0 Å². The number of hydrogen-bond acceptors (Lipinski definition) is 1. The van der Waals surface area contributed by atoms with Crippen LogP contribution in [0.3, 0.4) is 0 Å². The van der Waals surface area contributed by atoms with Gasteiger partial charge in [-0.25, -0.2) is 4.39 Å². The van der Waals surface area contributed by atoms with Crippen molar-refractivity contribution in [2.24, 2.45) is 5.92 Å². The maximum absolute atomic E-state index is 13.4. The quantitative estimate of drug-likeness (QED) is 0.751.